The van der Waals surface area contributed by atoms with Gasteiger partial charge in [0, 0.05) is 21.8 Å². The fraction of sp³-hybridized carbons (Fsp3) is 0.250. The first-order valence-electron chi connectivity index (χ1n) is 6.43. The first kappa shape index (κ1) is 14.7. The second kappa shape index (κ2) is 5.75. The summed E-state index contributed by atoms with van der Waals surface area (Å²) < 4.78 is 1.05. The standard InChI is InChI=1S/C16H18BrNO2/c1-9-6-12(17)7-10(2)16(9)18-11(3)14-5-4-13(19)8-15(14)20/h4-8,11,18-20H,1-3H3. The molecule has 0 amide bonds. The Morgan fingerprint density at radius 3 is 2.20 bits per heavy atom. The molecule has 0 fully saturated rings. The summed E-state index contributed by atoms with van der Waals surface area (Å²) in [6.45, 7) is 6.07. The van der Waals surface area contributed by atoms with Crippen LogP contribution in [0.1, 0.15) is 29.7 Å². The van der Waals surface area contributed by atoms with Gasteiger partial charge in [0.2, 0.25) is 0 Å². The van der Waals surface area contributed by atoms with Crippen LogP contribution in [0.4, 0.5) is 5.69 Å². The summed E-state index contributed by atoms with van der Waals surface area (Å²) in [5, 5.41) is 22.7. The third-order valence-corrected chi connectivity index (χ3v) is 3.80. The first-order chi connectivity index (χ1) is 9.38. The molecule has 0 bridgehead atoms. The Kier molecular flexibility index (Phi) is 4.23. The summed E-state index contributed by atoms with van der Waals surface area (Å²) >= 11 is 3.48. The Labute approximate surface area is 127 Å². The van der Waals surface area contributed by atoms with E-state index in [0.29, 0.717) is 0 Å². The van der Waals surface area contributed by atoms with Crippen molar-refractivity contribution >= 4 is 21.6 Å². The van der Waals surface area contributed by atoms with E-state index < -0.39 is 0 Å². The van der Waals surface area contributed by atoms with Crippen LogP contribution in [0.2, 0.25) is 0 Å². The lowest BCUT2D eigenvalue weighted by molar-refractivity contribution is 0.444. The van der Waals surface area contributed by atoms with E-state index in [4.69, 9.17) is 0 Å². The van der Waals surface area contributed by atoms with Gasteiger partial charge in [-0.05, 0) is 56.2 Å². The number of phenols is 2. The summed E-state index contributed by atoms with van der Waals surface area (Å²) in [6, 6.07) is 8.71. The van der Waals surface area contributed by atoms with Gasteiger partial charge in [-0.15, -0.1) is 0 Å². The van der Waals surface area contributed by atoms with E-state index in [0.717, 1.165) is 26.9 Å². The van der Waals surface area contributed by atoms with Crippen LogP contribution in [0.3, 0.4) is 0 Å². The monoisotopic (exact) mass is 335 g/mol. The van der Waals surface area contributed by atoms with Gasteiger partial charge in [0.15, 0.2) is 0 Å². The number of benzene rings is 2. The lowest BCUT2D eigenvalue weighted by Crippen LogP contribution is -2.09. The largest absolute Gasteiger partial charge is 0.508 e. The number of hydrogen-bond acceptors (Lipinski definition) is 3. The molecule has 0 radical (unpaired) electrons. The molecule has 106 valence electrons. The highest BCUT2D eigenvalue weighted by atomic mass is 79.9. The van der Waals surface area contributed by atoms with E-state index in [1.807, 2.05) is 20.8 Å². The molecule has 0 saturated carbocycles. The van der Waals surface area contributed by atoms with E-state index in [-0.39, 0.29) is 17.5 Å². The highest BCUT2D eigenvalue weighted by Crippen LogP contribution is 2.32. The Bertz CT molecular complexity index is 617. The van der Waals surface area contributed by atoms with Gasteiger partial charge in [-0.1, -0.05) is 15.9 Å². The topological polar surface area (TPSA) is 52.5 Å². The Balaban J connectivity index is 2.30. The molecule has 1 unspecified atom stereocenters. The SMILES string of the molecule is Cc1cc(Br)cc(C)c1NC(C)c1ccc(O)cc1O. The van der Waals surface area contributed by atoms with Crippen molar-refractivity contribution in [3.05, 3.63) is 51.5 Å². The van der Waals surface area contributed by atoms with Crippen molar-refractivity contribution in [2.75, 3.05) is 5.32 Å². The van der Waals surface area contributed by atoms with Crippen LogP contribution in [-0.2, 0) is 0 Å². The molecule has 20 heavy (non-hydrogen) atoms. The number of aryl methyl sites for hydroxylation is 2. The molecule has 0 aliphatic heterocycles. The van der Waals surface area contributed by atoms with Crippen molar-refractivity contribution in [3.63, 3.8) is 0 Å². The maximum atomic E-state index is 9.91. The molecule has 0 aliphatic carbocycles. The summed E-state index contributed by atoms with van der Waals surface area (Å²) in [5.41, 5.74) is 4.10. The normalized spacial score (nSPS) is 12.2. The van der Waals surface area contributed by atoms with Gasteiger partial charge in [-0.25, -0.2) is 0 Å². The third-order valence-electron chi connectivity index (χ3n) is 3.34. The first-order valence-corrected chi connectivity index (χ1v) is 7.23. The summed E-state index contributed by atoms with van der Waals surface area (Å²) in [6.07, 6.45) is 0. The highest BCUT2D eigenvalue weighted by molar-refractivity contribution is 9.10. The van der Waals surface area contributed by atoms with Gasteiger partial charge < -0.3 is 15.5 Å². The quantitative estimate of drug-likeness (QED) is 0.765. The smallest absolute Gasteiger partial charge is 0.124 e. The van der Waals surface area contributed by atoms with Gasteiger partial charge in [-0.3, -0.25) is 0 Å². The lowest BCUT2D eigenvalue weighted by atomic mass is 10.0. The van der Waals surface area contributed by atoms with E-state index in [1.54, 1.807) is 12.1 Å². The van der Waals surface area contributed by atoms with Crippen LogP contribution < -0.4 is 5.32 Å². The van der Waals surface area contributed by atoms with Gasteiger partial charge >= 0.3 is 0 Å². The highest BCUT2D eigenvalue weighted by Gasteiger charge is 2.13. The van der Waals surface area contributed by atoms with E-state index in [2.05, 4.69) is 33.4 Å². The van der Waals surface area contributed by atoms with Crippen LogP contribution in [-0.4, -0.2) is 10.2 Å². The predicted octanol–water partition coefficient (Wildman–Crippen LogP) is 4.65. The van der Waals surface area contributed by atoms with Crippen molar-refractivity contribution < 1.29 is 10.2 Å². The molecule has 3 N–H and O–H groups in total. The molecule has 1 atom stereocenters. The zero-order valence-corrected chi connectivity index (χ0v) is 13.3. The molecule has 2 rings (SSSR count). The molecule has 0 spiro atoms. The number of halogens is 1. The Morgan fingerprint density at radius 2 is 1.65 bits per heavy atom. The molecule has 0 aliphatic rings. The van der Waals surface area contributed by atoms with Crippen LogP contribution in [0, 0.1) is 13.8 Å². The molecule has 0 saturated heterocycles. The van der Waals surface area contributed by atoms with Crippen molar-refractivity contribution in [2.45, 2.75) is 26.8 Å². The van der Waals surface area contributed by atoms with Crippen molar-refractivity contribution in [2.24, 2.45) is 0 Å². The minimum atomic E-state index is -0.0609. The van der Waals surface area contributed by atoms with Gasteiger partial charge in [0.25, 0.3) is 0 Å². The average Bonchev–Trinajstić information content (AvgIpc) is 2.33. The number of nitrogens with one attached hydrogen (secondary N) is 1. The van der Waals surface area contributed by atoms with Gasteiger partial charge in [0.1, 0.15) is 11.5 Å². The molecule has 3 nitrogen and oxygen atoms in total. The third kappa shape index (κ3) is 3.07. The zero-order chi connectivity index (χ0) is 14.9. The van der Waals surface area contributed by atoms with Crippen molar-refractivity contribution in [1.82, 2.24) is 0 Å². The average molecular weight is 336 g/mol. The molecule has 2 aromatic rings. The number of anilines is 1. The van der Waals surface area contributed by atoms with Gasteiger partial charge in [0.05, 0.1) is 6.04 Å². The van der Waals surface area contributed by atoms with Crippen LogP contribution in [0.15, 0.2) is 34.8 Å². The van der Waals surface area contributed by atoms with Crippen LogP contribution >= 0.6 is 15.9 Å². The number of aromatic hydroxyl groups is 2. The van der Waals surface area contributed by atoms with Crippen LogP contribution in [0.25, 0.3) is 0 Å². The molecule has 4 heteroatoms. The maximum Gasteiger partial charge on any atom is 0.124 e. The number of phenolic OH excluding ortho intramolecular Hbond substituents is 2. The second-order valence-electron chi connectivity index (χ2n) is 5.02. The number of rotatable bonds is 3. The Morgan fingerprint density at radius 1 is 1.05 bits per heavy atom. The molecular weight excluding hydrogens is 318 g/mol. The second-order valence-corrected chi connectivity index (χ2v) is 5.94. The minimum absolute atomic E-state index is 0.0609. The fourth-order valence-electron chi connectivity index (χ4n) is 2.33. The maximum absolute atomic E-state index is 9.91. The van der Waals surface area contributed by atoms with E-state index in [9.17, 15) is 10.2 Å². The molecule has 0 aromatic heterocycles. The molecular formula is C16H18BrNO2. The van der Waals surface area contributed by atoms with E-state index in [1.165, 1.54) is 6.07 Å². The fourth-order valence-corrected chi connectivity index (χ4v) is 3.02. The van der Waals surface area contributed by atoms with Crippen molar-refractivity contribution in [3.8, 4) is 11.5 Å². The lowest BCUT2D eigenvalue weighted by Gasteiger charge is -2.20. The number of hydrogen-bond donors (Lipinski definition) is 3. The predicted molar refractivity (Wildman–Crippen MR) is 85.4 cm³/mol. The zero-order valence-electron chi connectivity index (χ0n) is 11.7. The Hall–Kier alpha value is -1.68. The molecule has 0 heterocycles. The summed E-state index contributed by atoms with van der Waals surface area (Å²) in [4.78, 5) is 0. The van der Waals surface area contributed by atoms with Crippen LogP contribution in [0.5, 0.6) is 11.5 Å². The minimum Gasteiger partial charge on any atom is -0.508 e. The van der Waals surface area contributed by atoms with E-state index >= 15 is 0 Å². The summed E-state index contributed by atoms with van der Waals surface area (Å²) in [7, 11) is 0. The molecule has 2 aromatic carbocycles. The van der Waals surface area contributed by atoms with Crippen molar-refractivity contribution in [1.29, 1.82) is 0 Å². The summed E-state index contributed by atoms with van der Waals surface area (Å²) in [5.74, 6) is 0.159. The van der Waals surface area contributed by atoms with Gasteiger partial charge in [-0.2, -0.15) is 0 Å².